The molecule has 0 radical (unpaired) electrons. The van der Waals surface area contributed by atoms with Crippen LogP contribution in [0.15, 0.2) is 145 Å². The number of hydrogen-bond acceptors (Lipinski definition) is 27. The van der Waals surface area contributed by atoms with Crippen molar-refractivity contribution in [3.05, 3.63) is 170 Å². The summed E-state index contributed by atoms with van der Waals surface area (Å²) in [6.45, 7) is 19.5. The molecule has 0 spiro atoms. The third-order valence-electron chi connectivity index (χ3n) is 22.3. The Morgan fingerprint density at radius 2 is 0.758 bits per heavy atom. The fourth-order valence-corrected chi connectivity index (χ4v) is 18.1. The summed E-state index contributed by atoms with van der Waals surface area (Å²) in [7, 11) is 13.3. The van der Waals surface area contributed by atoms with E-state index in [0.29, 0.717) is 180 Å². The lowest BCUT2D eigenvalue weighted by atomic mass is 10.1. The van der Waals surface area contributed by atoms with Gasteiger partial charge in [0.2, 0.25) is 0 Å². The Morgan fingerprint density at radius 1 is 0.427 bits per heavy atom. The lowest BCUT2D eigenvalue weighted by Crippen LogP contribution is -2.35. The standard InChI is InChI=1S/C47H55N5O12.C46H55N5O7S2/c1-6-30-16-34-24-48-39-22-43(41(56-3)20-37(39)46(54)51(34)26-30)63-28-32-18-36(62-15-14-61-13-12-60-11-10-59-9-8-45(53)58-5)19-33(50-32)29-64-44-23-40-38(21-42(44)57-4)47(55)52-27-31(7-2)17-35(52)25-49-40;1-9-29-14-33-22-47-38-20-42(40(54-6)18-36(38)44(52)50(33)24-29)57-26-31-13-32(17-35(16-31)56-12-11-49(5)28-46(3,4)60-59-8)27-58-43-21-39-37(19-41(43)55-7)45(53)51-25-30(10-2)15-34(51)23-48-39/h6-7,18-25,34-35H,8-17,26-29H2,1-5H3;9-10,13,16-23,33-34H,11-12,14-15,24-28H2,1-8H3/b30-6+,31-7+;29-9+,30-10+/t34-,35-;33-,34-/m00/s1. The molecule has 6 aromatic rings. The molecule has 0 unspecified atom stereocenters. The van der Waals surface area contributed by atoms with E-state index in [4.69, 9.17) is 86.5 Å². The zero-order valence-electron chi connectivity index (χ0n) is 72.7. The van der Waals surface area contributed by atoms with Crippen LogP contribution in [0.4, 0.5) is 22.7 Å². The Kier molecular flexibility index (Phi) is 31.0. The molecule has 0 aliphatic carbocycles. The van der Waals surface area contributed by atoms with Crippen molar-refractivity contribution < 1.29 is 90.3 Å². The lowest BCUT2D eigenvalue weighted by Gasteiger charge is -2.28. The van der Waals surface area contributed by atoms with Gasteiger partial charge in [0.05, 0.1) is 162 Å². The number of aromatic nitrogens is 1. The fourth-order valence-electron chi connectivity index (χ4n) is 15.8. The molecule has 8 aliphatic heterocycles. The number of fused-ring (bicyclic) bond motifs is 8. The van der Waals surface area contributed by atoms with Gasteiger partial charge in [0.1, 0.15) is 51.1 Å². The first-order valence-corrected chi connectivity index (χ1v) is 44.1. The number of rotatable bonds is 37. The first-order valence-electron chi connectivity index (χ1n) is 41.6. The monoisotopic (exact) mass is 1730 g/mol. The number of benzene rings is 5. The molecule has 124 heavy (non-hydrogen) atoms. The maximum atomic E-state index is 13.7. The van der Waals surface area contributed by atoms with Crippen LogP contribution in [0.1, 0.15) is 138 Å². The van der Waals surface area contributed by atoms with E-state index in [0.717, 1.165) is 49.9 Å². The molecule has 0 bridgehead atoms. The third kappa shape index (κ3) is 22.3. The van der Waals surface area contributed by atoms with Crippen LogP contribution < -0.4 is 47.4 Å². The van der Waals surface area contributed by atoms with Crippen molar-refractivity contribution in [1.82, 2.24) is 29.5 Å². The van der Waals surface area contributed by atoms with Gasteiger partial charge in [-0.3, -0.25) is 48.9 Å². The summed E-state index contributed by atoms with van der Waals surface area (Å²) in [6, 6.07) is 22.9. The topological polar surface area (TPSA) is 293 Å². The predicted octanol–water partition coefficient (Wildman–Crippen LogP) is 14.7. The molecular weight excluding hydrogens is 1630 g/mol. The second-order valence-electron chi connectivity index (χ2n) is 31.3. The Balaban J connectivity index is 0.000000214. The zero-order chi connectivity index (χ0) is 87.6. The molecular formula is C93H110N10O19S2. The van der Waals surface area contributed by atoms with Crippen LogP contribution in [0.3, 0.4) is 0 Å². The number of nitrogens with zero attached hydrogens (tertiary/aromatic N) is 10. The summed E-state index contributed by atoms with van der Waals surface area (Å²) in [5, 5.41) is 0. The van der Waals surface area contributed by atoms with Crippen LogP contribution in [-0.2, 0) is 50.2 Å². The fraction of sp³-hybridized carbons (Fsp3) is 0.441. The molecule has 4 fully saturated rings. The Morgan fingerprint density at radius 3 is 1.10 bits per heavy atom. The Hall–Kier alpha value is -11.2. The van der Waals surface area contributed by atoms with Gasteiger partial charge in [0.25, 0.3) is 23.6 Å². The normalized spacial score (nSPS) is 19.1. The van der Waals surface area contributed by atoms with Crippen molar-refractivity contribution in [3.8, 4) is 57.5 Å². The molecule has 658 valence electrons. The van der Waals surface area contributed by atoms with Crippen molar-refractivity contribution in [2.45, 2.75) is 129 Å². The average Bonchev–Trinajstić information content (AvgIpc) is 1.62. The second kappa shape index (κ2) is 42.4. The molecule has 5 aromatic carbocycles. The van der Waals surface area contributed by atoms with Crippen molar-refractivity contribution in [1.29, 1.82) is 0 Å². The van der Waals surface area contributed by atoms with E-state index < -0.39 is 0 Å². The first-order chi connectivity index (χ1) is 60.1. The maximum Gasteiger partial charge on any atom is 0.307 e. The highest BCUT2D eigenvalue weighted by molar-refractivity contribution is 8.77. The maximum absolute atomic E-state index is 13.7. The van der Waals surface area contributed by atoms with E-state index in [2.05, 4.69) is 61.1 Å². The van der Waals surface area contributed by atoms with E-state index in [1.165, 1.54) is 43.6 Å². The number of ether oxygens (including phenoxy) is 14. The van der Waals surface area contributed by atoms with Crippen LogP contribution in [-0.4, -0.2) is 254 Å². The van der Waals surface area contributed by atoms with Crippen molar-refractivity contribution >= 4 is 98.8 Å². The van der Waals surface area contributed by atoms with Crippen molar-refractivity contribution in [2.24, 2.45) is 20.0 Å². The van der Waals surface area contributed by atoms with Gasteiger partial charge in [-0.05, 0) is 134 Å². The number of aliphatic imine (C=N–C) groups is 4. The minimum Gasteiger partial charge on any atom is -0.493 e. The summed E-state index contributed by atoms with van der Waals surface area (Å²) in [6.07, 6.45) is 21.0. The number of methoxy groups -OCH3 is 5. The highest BCUT2D eigenvalue weighted by atomic mass is 33.1. The molecule has 4 saturated heterocycles. The van der Waals surface area contributed by atoms with Crippen LogP contribution in [0.5, 0.6) is 57.5 Å². The number of hydrogen-bond donors (Lipinski definition) is 0. The van der Waals surface area contributed by atoms with Gasteiger partial charge < -0.3 is 90.8 Å². The number of likely N-dealkylation sites (N-methyl/N-ethyl adjacent to an activating group) is 1. The van der Waals surface area contributed by atoms with Crippen molar-refractivity contribution in [3.63, 3.8) is 0 Å². The number of allylic oxidation sites excluding steroid dienone is 4. The second-order valence-corrected chi connectivity index (χ2v) is 34.4. The summed E-state index contributed by atoms with van der Waals surface area (Å²) in [5.41, 5.74) is 11.5. The zero-order valence-corrected chi connectivity index (χ0v) is 74.4. The van der Waals surface area contributed by atoms with Crippen LogP contribution in [0, 0.1) is 0 Å². The third-order valence-corrected chi connectivity index (χ3v) is 24.9. The van der Waals surface area contributed by atoms with Gasteiger partial charge in [-0.15, -0.1) is 0 Å². The minimum absolute atomic E-state index is 0.0161. The van der Waals surface area contributed by atoms with Crippen LogP contribution >= 0.6 is 21.6 Å². The minimum atomic E-state index is -0.321. The van der Waals surface area contributed by atoms with Gasteiger partial charge in [-0.25, -0.2) is 0 Å². The molecule has 9 heterocycles. The van der Waals surface area contributed by atoms with Gasteiger partial charge >= 0.3 is 5.97 Å². The van der Waals surface area contributed by atoms with Gasteiger partial charge in [0, 0.05) is 105 Å². The molecule has 29 nitrogen and oxygen atoms in total. The highest BCUT2D eigenvalue weighted by Crippen LogP contribution is 2.45. The lowest BCUT2D eigenvalue weighted by molar-refractivity contribution is -0.142. The number of pyridine rings is 1. The summed E-state index contributed by atoms with van der Waals surface area (Å²) >= 11 is 0. The molecule has 31 heteroatoms. The van der Waals surface area contributed by atoms with E-state index in [9.17, 15) is 24.0 Å². The van der Waals surface area contributed by atoms with E-state index >= 15 is 0 Å². The van der Waals surface area contributed by atoms with Gasteiger partial charge in [0.15, 0.2) is 46.0 Å². The first kappa shape index (κ1) is 90.5. The molecule has 1 aromatic heterocycles. The van der Waals surface area contributed by atoms with Crippen LogP contribution in [0.25, 0.3) is 0 Å². The average molecular weight is 1740 g/mol. The highest BCUT2D eigenvalue weighted by Gasteiger charge is 2.40. The number of carbonyl (C=O) groups excluding carboxylic acids is 5. The number of esters is 1. The SMILES string of the molecule is C/C=C1\C[C@H]2C=Nc3cc(OCc4cc(COc5cc6c(cc5OC)C(=O)N5C/C(=C/C)C[C@H]5C=N6)cc(OCCN(C)CC(C)(C)SSC)c4)c(OC)cc3C(=O)N2C1.C/C=C1\C[C@H]2C=Nc3cc(OCc4cc(OCCOCCOCCOCCC(=O)OC)cc(COc5cc6c(cc5OC)C(=O)N5C/C(=C/C)C[C@H]5C=N6)n4)c(OC)cc3C(=O)N2C1. The van der Waals surface area contributed by atoms with E-state index in [-0.39, 0.29) is 105 Å². The summed E-state index contributed by atoms with van der Waals surface area (Å²) in [5.74, 6) is 3.88. The van der Waals surface area contributed by atoms with E-state index in [1.807, 2.05) is 101 Å². The number of carbonyl (C=O) groups is 5. The molecule has 0 saturated carbocycles. The van der Waals surface area contributed by atoms with Gasteiger partial charge in [-0.1, -0.05) is 68.2 Å². The summed E-state index contributed by atoms with van der Waals surface area (Å²) in [4.78, 5) is 99.2. The largest absolute Gasteiger partial charge is 0.493 e. The summed E-state index contributed by atoms with van der Waals surface area (Å²) < 4.78 is 82.2. The molecule has 4 amide bonds. The Bertz CT molecular complexity index is 4910. The smallest absolute Gasteiger partial charge is 0.307 e. The van der Waals surface area contributed by atoms with E-state index in [1.54, 1.807) is 85.7 Å². The number of amides is 4. The van der Waals surface area contributed by atoms with Crippen LogP contribution in [0.2, 0.25) is 0 Å². The Labute approximate surface area is 732 Å². The molecule has 0 N–H and O–H groups in total. The molecule has 8 aliphatic rings. The quantitative estimate of drug-likeness (QED) is 0.0151. The molecule has 14 rings (SSSR count). The predicted molar refractivity (Wildman–Crippen MR) is 478 cm³/mol. The van der Waals surface area contributed by atoms with Crippen molar-refractivity contribution in [2.75, 3.05) is 141 Å². The molecule has 4 atom stereocenters. The van der Waals surface area contributed by atoms with Gasteiger partial charge in [-0.2, -0.15) is 0 Å².